The first kappa shape index (κ1) is 13.3. The average Bonchev–Trinajstić information content (AvgIpc) is 2.49. The number of nitrogens with one attached hydrogen (secondary N) is 2. The fourth-order valence-electron chi connectivity index (χ4n) is 2.54. The van der Waals surface area contributed by atoms with Crippen LogP contribution in [-0.2, 0) is 4.79 Å². The highest BCUT2D eigenvalue weighted by molar-refractivity contribution is 5.99. The van der Waals surface area contributed by atoms with Crippen molar-refractivity contribution in [3.05, 3.63) is 40.7 Å². The minimum Gasteiger partial charge on any atom is -0.380 e. The number of non-ortho nitro benzene ring substituents is 1. The van der Waals surface area contributed by atoms with Gasteiger partial charge in [-0.3, -0.25) is 19.9 Å². The first-order valence-electron chi connectivity index (χ1n) is 6.69. The fraction of sp³-hybridized carbons (Fsp3) is 0.286. The SMILES string of the molecule is O=C1CCC(Nc2ccc([N+](=O)[O-])c3cnccc23)CN1. The summed E-state index contributed by atoms with van der Waals surface area (Å²) in [5.74, 6) is 0.0609. The van der Waals surface area contributed by atoms with Gasteiger partial charge in [-0.2, -0.15) is 0 Å². The number of benzene rings is 1. The molecule has 1 aromatic heterocycles. The molecule has 1 aliphatic rings. The molecule has 1 saturated heterocycles. The Balaban J connectivity index is 1.94. The van der Waals surface area contributed by atoms with Crippen LogP contribution in [0.25, 0.3) is 10.8 Å². The summed E-state index contributed by atoms with van der Waals surface area (Å²) in [6.45, 7) is 0.558. The summed E-state index contributed by atoms with van der Waals surface area (Å²) in [6, 6.07) is 5.07. The molecule has 0 aliphatic carbocycles. The molecule has 1 unspecified atom stereocenters. The second-order valence-corrected chi connectivity index (χ2v) is 4.99. The third-order valence-corrected chi connectivity index (χ3v) is 3.62. The number of hydrogen-bond donors (Lipinski definition) is 2. The van der Waals surface area contributed by atoms with Gasteiger partial charge in [0.15, 0.2) is 0 Å². The predicted octanol–water partition coefficient (Wildman–Crippen LogP) is 1.83. The molecule has 2 aromatic rings. The minimum atomic E-state index is -0.408. The van der Waals surface area contributed by atoms with Crippen molar-refractivity contribution in [2.75, 3.05) is 11.9 Å². The molecule has 1 aliphatic heterocycles. The minimum absolute atomic E-state index is 0.0422. The van der Waals surface area contributed by atoms with Crippen LogP contribution in [0.4, 0.5) is 11.4 Å². The van der Waals surface area contributed by atoms with Gasteiger partial charge >= 0.3 is 0 Å². The number of pyridine rings is 1. The van der Waals surface area contributed by atoms with E-state index >= 15 is 0 Å². The van der Waals surface area contributed by atoms with E-state index in [9.17, 15) is 14.9 Å². The van der Waals surface area contributed by atoms with Crippen LogP contribution < -0.4 is 10.6 Å². The Kier molecular flexibility index (Phi) is 3.39. The summed E-state index contributed by atoms with van der Waals surface area (Å²) in [4.78, 5) is 25.8. The number of fused-ring (bicyclic) bond motifs is 1. The van der Waals surface area contributed by atoms with Gasteiger partial charge < -0.3 is 10.6 Å². The van der Waals surface area contributed by atoms with Crippen molar-refractivity contribution in [3.8, 4) is 0 Å². The lowest BCUT2D eigenvalue weighted by atomic mass is 10.0. The molecular formula is C14H14N4O3. The summed E-state index contributed by atoms with van der Waals surface area (Å²) < 4.78 is 0. The van der Waals surface area contributed by atoms with Crippen molar-refractivity contribution in [2.24, 2.45) is 0 Å². The van der Waals surface area contributed by atoms with E-state index < -0.39 is 4.92 Å². The molecule has 0 radical (unpaired) electrons. The lowest BCUT2D eigenvalue weighted by Crippen LogP contribution is -2.41. The van der Waals surface area contributed by atoms with Gasteiger partial charge in [-0.25, -0.2) is 0 Å². The molecular weight excluding hydrogens is 272 g/mol. The van der Waals surface area contributed by atoms with Crippen molar-refractivity contribution in [1.82, 2.24) is 10.3 Å². The van der Waals surface area contributed by atoms with E-state index in [1.807, 2.05) is 0 Å². The molecule has 1 fully saturated rings. The smallest absolute Gasteiger partial charge is 0.278 e. The summed E-state index contributed by atoms with van der Waals surface area (Å²) in [7, 11) is 0. The van der Waals surface area contributed by atoms with Crippen molar-refractivity contribution in [1.29, 1.82) is 0 Å². The molecule has 7 nitrogen and oxygen atoms in total. The number of nitro benzene ring substituents is 1. The monoisotopic (exact) mass is 286 g/mol. The molecule has 2 N–H and O–H groups in total. The van der Waals surface area contributed by atoms with Crippen LogP contribution in [0, 0.1) is 10.1 Å². The number of carbonyl (C=O) groups excluding carboxylic acids is 1. The number of hydrogen-bond acceptors (Lipinski definition) is 5. The number of nitrogens with zero attached hydrogens (tertiary/aromatic N) is 2. The molecule has 3 rings (SSSR count). The van der Waals surface area contributed by atoms with E-state index in [0.717, 1.165) is 17.5 Å². The standard InChI is InChI=1S/C14H14N4O3/c19-14-4-1-9(7-16-14)17-12-2-3-13(18(20)21)11-8-15-6-5-10(11)12/h2-3,5-6,8-9,17H,1,4,7H2,(H,16,19). The predicted molar refractivity (Wildman–Crippen MR) is 78.1 cm³/mol. The van der Waals surface area contributed by atoms with Gasteiger partial charge in [0.2, 0.25) is 5.91 Å². The Hall–Kier alpha value is -2.70. The maximum atomic E-state index is 11.2. The Morgan fingerprint density at radius 3 is 2.90 bits per heavy atom. The number of rotatable bonds is 3. The van der Waals surface area contributed by atoms with E-state index in [-0.39, 0.29) is 17.6 Å². The molecule has 0 spiro atoms. The van der Waals surface area contributed by atoms with Crippen LogP contribution in [0.15, 0.2) is 30.6 Å². The van der Waals surface area contributed by atoms with Gasteiger partial charge in [-0.15, -0.1) is 0 Å². The average molecular weight is 286 g/mol. The van der Waals surface area contributed by atoms with Crippen molar-refractivity contribution in [3.63, 3.8) is 0 Å². The Labute approximate surface area is 120 Å². The third-order valence-electron chi connectivity index (χ3n) is 3.62. The summed E-state index contributed by atoms with van der Waals surface area (Å²) in [5, 5.41) is 18.5. The number of piperidine rings is 1. The highest BCUT2D eigenvalue weighted by Gasteiger charge is 2.20. The second kappa shape index (κ2) is 5.35. The van der Waals surface area contributed by atoms with Crippen LogP contribution in [0.1, 0.15) is 12.8 Å². The molecule has 1 atom stereocenters. The van der Waals surface area contributed by atoms with Gasteiger partial charge in [-0.1, -0.05) is 0 Å². The number of nitro groups is 1. The largest absolute Gasteiger partial charge is 0.380 e. The van der Waals surface area contributed by atoms with Crippen LogP contribution in [0.3, 0.4) is 0 Å². The lowest BCUT2D eigenvalue weighted by Gasteiger charge is -2.25. The third kappa shape index (κ3) is 2.62. The molecule has 0 bridgehead atoms. The molecule has 108 valence electrons. The lowest BCUT2D eigenvalue weighted by molar-refractivity contribution is -0.383. The van der Waals surface area contributed by atoms with Gasteiger partial charge in [0, 0.05) is 48.5 Å². The maximum absolute atomic E-state index is 11.2. The highest BCUT2D eigenvalue weighted by atomic mass is 16.6. The fourth-order valence-corrected chi connectivity index (χ4v) is 2.54. The molecule has 0 saturated carbocycles. The summed E-state index contributed by atoms with van der Waals surface area (Å²) >= 11 is 0. The van der Waals surface area contributed by atoms with Gasteiger partial charge in [0.05, 0.1) is 10.3 Å². The maximum Gasteiger partial charge on any atom is 0.278 e. The van der Waals surface area contributed by atoms with Crippen LogP contribution >= 0.6 is 0 Å². The molecule has 2 heterocycles. The number of anilines is 1. The molecule has 1 amide bonds. The van der Waals surface area contributed by atoms with Gasteiger partial charge in [-0.05, 0) is 18.6 Å². The van der Waals surface area contributed by atoms with E-state index in [1.165, 1.54) is 12.3 Å². The molecule has 21 heavy (non-hydrogen) atoms. The van der Waals surface area contributed by atoms with E-state index in [0.29, 0.717) is 18.4 Å². The van der Waals surface area contributed by atoms with Crippen molar-refractivity contribution in [2.45, 2.75) is 18.9 Å². The highest BCUT2D eigenvalue weighted by Crippen LogP contribution is 2.31. The Morgan fingerprint density at radius 1 is 1.33 bits per heavy atom. The zero-order chi connectivity index (χ0) is 14.8. The number of carbonyl (C=O) groups is 1. The van der Waals surface area contributed by atoms with Crippen LogP contribution in [-0.4, -0.2) is 28.4 Å². The van der Waals surface area contributed by atoms with Gasteiger partial charge in [0.1, 0.15) is 0 Å². The van der Waals surface area contributed by atoms with E-state index in [4.69, 9.17) is 0 Å². The van der Waals surface area contributed by atoms with Crippen molar-refractivity contribution < 1.29 is 9.72 Å². The van der Waals surface area contributed by atoms with Gasteiger partial charge in [0.25, 0.3) is 5.69 Å². The Bertz CT molecular complexity index is 706. The van der Waals surface area contributed by atoms with Crippen LogP contribution in [0.2, 0.25) is 0 Å². The van der Waals surface area contributed by atoms with E-state index in [2.05, 4.69) is 15.6 Å². The molecule has 7 heteroatoms. The molecule has 1 aromatic carbocycles. The summed E-state index contributed by atoms with van der Waals surface area (Å²) in [6.07, 6.45) is 4.35. The topological polar surface area (TPSA) is 97.2 Å². The van der Waals surface area contributed by atoms with Crippen LogP contribution in [0.5, 0.6) is 0 Å². The first-order chi connectivity index (χ1) is 10.1. The number of amides is 1. The Morgan fingerprint density at radius 2 is 2.19 bits per heavy atom. The second-order valence-electron chi connectivity index (χ2n) is 4.99. The zero-order valence-electron chi connectivity index (χ0n) is 11.2. The van der Waals surface area contributed by atoms with E-state index in [1.54, 1.807) is 18.3 Å². The number of aromatic nitrogens is 1. The summed E-state index contributed by atoms with van der Waals surface area (Å²) in [5.41, 5.74) is 0.861. The quantitative estimate of drug-likeness (QED) is 0.662. The normalized spacial score (nSPS) is 18.3. The zero-order valence-corrected chi connectivity index (χ0v) is 11.2. The first-order valence-corrected chi connectivity index (χ1v) is 6.69. The van der Waals surface area contributed by atoms with Crippen molar-refractivity contribution >= 4 is 28.1 Å².